The fourth-order valence-electron chi connectivity index (χ4n) is 2.22. The molecule has 17 heavy (non-hydrogen) atoms. The summed E-state index contributed by atoms with van der Waals surface area (Å²) < 4.78 is 0. The van der Waals surface area contributed by atoms with E-state index < -0.39 is 0 Å². The number of piperidine rings is 1. The van der Waals surface area contributed by atoms with Crippen LogP contribution in [-0.4, -0.2) is 48.1 Å². The van der Waals surface area contributed by atoms with Gasteiger partial charge in [-0.15, -0.1) is 0 Å². The molecular weight excluding hydrogens is 214 g/mol. The predicted molar refractivity (Wildman–Crippen MR) is 70.9 cm³/mol. The highest BCUT2D eigenvalue weighted by Gasteiger charge is 2.25. The second-order valence-corrected chi connectivity index (χ2v) is 5.38. The summed E-state index contributed by atoms with van der Waals surface area (Å²) in [5.41, 5.74) is 5.52. The lowest BCUT2D eigenvalue weighted by Gasteiger charge is -2.36. The van der Waals surface area contributed by atoms with Gasteiger partial charge in [-0.05, 0) is 45.6 Å². The van der Waals surface area contributed by atoms with E-state index in [1.165, 1.54) is 0 Å². The Morgan fingerprint density at radius 1 is 1.41 bits per heavy atom. The Morgan fingerprint density at radius 3 is 2.47 bits per heavy atom. The number of nitrogens with two attached hydrogens (primary N) is 1. The fourth-order valence-corrected chi connectivity index (χ4v) is 2.22. The van der Waals surface area contributed by atoms with Gasteiger partial charge in [-0.1, -0.05) is 6.92 Å². The molecule has 2 N–H and O–H groups in total. The Balaban J connectivity index is 2.52. The molecule has 1 rings (SSSR count). The summed E-state index contributed by atoms with van der Waals surface area (Å²) in [7, 11) is 0. The third-order valence-electron chi connectivity index (χ3n) is 3.53. The van der Waals surface area contributed by atoms with Crippen LogP contribution >= 0.6 is 0 Å². The maximum absolute atomic E-state index is 12.4. The van der Waals surface area contributed by atoms with Crippen LogP contribution in [0.1, 0.15) is 40.0 Å². The van der Waals surface area contributed by atoms with Crippen LogP contribution in [0.5, 0.6) is 0 Å². The molecule has 1 saturated heterocycles. The van der Waals surface area contributed by atoms with Gasteiger partial charge in [0.2, 0.25) is 0 Å². The van der Waals surface area contributed by atoms with Gasteiger partial charge in [-0.25, -0.2) is 4.79 Å². The van der Waals surface area contributed by atoms with Crippen molar-refractivity contribution in [3.8, 4) is 0 Å². The summed E-state index contributed by atoms with van der Waals surface area (Å²) in [5, 5.41) is 0. The van der Waals surface area contributed by atoms with E-state index in [0.29, 0.717) is 6.54 Å². The number of carbonyl (C=O) groups is 1. The lowest BCUT2D eigenvalue weighted by molar-refractivity contribution is 0.123. The highest BCUT2D eigenvalue weighted by molar-refractivity contribution is 5.74. The van der Waals surface area contributed by atoms with Crippen molar-refractivity contribution in [3.05, 3.63) is 0 Å². The number of hydrogen-bond acceptors (Lipinski definition) is 2. The van der Waals surface area contributed by atoms with E-state index in [1.54, 1.807) is 0 Å². The van der Waals surface area contributed by atoms with Crippen molar-refractivity contribution >= 4 is 6.03 Å². The molecular formula is C13H27N3O. The molecule has 1 fully saturated rings. The third kappa shape index (κ3) is 4.19. The van der Waals surface area contributed by atoms with Crippen molar-refractivity contribution in [2.75, 3.05) is 26.2 Å². The number of amides is 2. The van der Waals surface area contributed by atoms with E-state index in [0.717, 1.165) is 44.8 Å². The molecule has 0 aliphatic carbocycles. The summed E-state index contributed by atoms with van der Waals surface area (Å²) in [5.74, 6) is 0.760. The van der Waals surface area contributed by atoms with Gasteiger partial charge in [0.1, 0.15) is 0 Å². The highest BCUT2D eigenvalue weighted by Crippen LogP contribution is 2.18. The smallest absolute Gasteiger partial charge is 0.320 e. The van der Waals surface area contributed by atoms with E-state index in [1.807, 2.05) is 9.80 Å². The Bertz CT molecular complexity index is 235. The Kier molecular flexibility index (Phi) is 5.75. The fraction of sp³-hybridized carbons (Fsp3) is 0.923. The van der Waals surface area contributed by atoms with Crippen LogP contribution in [0.25, 0.3) is 0 Å². The molecule has 100 valence electrons. The predicted octanol–water partition coefficient (Wildman–Crippen LogP) is 1.90. The molecule has 1 heterocycles. The third-order valence-corrected chi connectivity index (χ3v) is 3.53. The maximum Gasteiger partial charge on any atom is 0.320 e. The second-order valence-electron chi connectivity index (χ2n) is 5.38. The molecule has 0 aromatic rings. The number of rotatable bonds is 4. The standard InChI is InChI=1S/C13H27N3O/c1-11(2)16(8-4-7-14)13(17)15-9-5-12(3)6-10-15/h11-12H,4-10,14H2,1-3H3. The minimum absolute atomic E-state index is 0.195. The quantitative estimate of drug-likeness (QED) is 0.817. The van der Waals surface area contributed by atoms with Crippen LogP contribution in [0.15, 0.2) is 0 Å². The molecule has 2 amide bonds. The van der Waals surface area contributed by atoms with E-state index in [-0.39, 0.29) is 12.1 Å². The Hall–Kier alpha value is -0.770. The first kappa shape index (κ1) is 14.3. The summed E-state index contributed by atoms with van der Waals surface area (Å²) in [6.45, 7) is 9.64. The van der Waals surface area contributed by atoms with Crippen molar-refractivity contribution in [2.24, 2.45) is 11.7 Å². The van der Waals surface area contributed by atoms with Crippen LogP contribution in [0.4, 0.5) is 4.79 Å². The van der Waals surface area contributed by atoms with Gasteiger partial charge in [0, 0.05) is 25.7 Å². The van der Waals surface area contributed by atoms with Gasteiger partial charge in [0.25, 0.3) is 0 Å². The van der Waals surface area contributed by atoms with Crippen LogP contribution in [0, 0.1) is 5.92 Å². The van der Waals surface area contributed by atoms with Crippen molar-refractivity contribution in [2.45, 2.75) is 46.1 Å². The molecule has 0 atom stereocenters. The SMILES string of the molecule is CC1CCN(C(=O)N(CCCN)C(C)C)CC1. The minimum atomic E-state index is 0.195. The molecule has 4 nitrogen and oxygen atoms in total. The average Bonchev–Trinajstić information content (AvgIpc) is 2.29. The van der Waals surface area contributed by atoms with Gasteiger partial charge >= 0.3 is 6.03 Å². The van der Waals surface area contributed by atoms with Gasteiger partial charge in [0.05, 0.1) is 0 Å². The zero-order valence-corrected chi connectivity index (χ0v) is 11.5. The molecule has 1 aliphatic heterocycles. The van der Waals surface area contributed by atoms with E-state index in [2.05, 4.69) is 20.8 Å². The van der Waals surface area contributed by atoms with Gasteiger partial charge in [-0.2, -0.15) is 0 Å². The molecule has 0 saturated carbocycles. The van der Waals surface area contributed by atoms with Crippen molar-refractivity contribution in [3.63, 3.8) is 0 Å². The first-order valence-corrected chi connectivity index (χ1v) is 6.82. The van der Waals surface area contributed by atoms with Crippen LogP contribution in [0.3, 0.4) is 0 Å². The highest BCUT2D eigenvalue weighted by atomic mass is 16.2. The molecule has 0 bridgehead atoms. The van der Waals surface area contributed by atoms with Crippen molar-refractivity contribution in [1.29, 1.82) is 0 Å². The average molecular weight is 241 g/mol. The van der Waals surface area contributed by atoms with Gasteiger partial charge < -0.3 is 15.5 Å². The Labute approximate surface area is 105 Å². The lowest BCUT2D eigenvalue weighted by atomic mass is 9.99. The summed E-state index contributed by atoms with van der Waals surface area (Å²) >= 11 is 0. The first-order chi connectivity index (χ1) is 8.06. The number of hydrogen-bond donors (Lipinski definition) is 1. The maximum atomic E-state index is 12.4. The summed E-state index contributed by atoms with van der Waals surface area (Å²) in [6, 6.07) is 0.453. The molecule has 4 heteroatoms. The van der Waals surface area contributed by atoms with Crippen LogP contribution in [-0.2, 0) is 0 Å². The molecule has 0 aromatic heterocycles. The second kappa shape index (κ2) is 6.84. The first-order valence-electron chi connectivity index (χ1n) is 6.82. The minimum Gasteiger partial charge on any atom is -0.330 e. The van der Waals surface area contributed by atoms with Crippen LogP contribution < -0.4 is 5.73 Å². The van der Waals surface area contributed by atoms with E-state index >= 15 is 0 Å². The van der Waals surface area contributed by atoms with E-state index in [9.17, 15) is 4.79 Å². The number of nitrogens with zero attached hydrogens (tertiary/aromatic N) is 2. The molecule has 1 aliphatic rings. The number of carbonyl (C=O) groups excluding carboxylic acids is 1. The zero-order valence-electron chi connectivity index (χ0n) is 11.5. The van der Waals surface area contributed by atoms with E-state index in [4.69, 9.17) is 5.73 Å². The Morgan fingerprint density at radius 2 is 2.00 bits per heavy atom. The molecule has 0 radical (unpaired) electrons. The van der Waals surface area contributed by atoms with Gasteiger partial charge in [0.15, 0.2) is 0 Å². The normalized spacial score (nSPS) is 17.6. The molecule has 0 aromatic carbocycles. The van der Waals surface area contributed by atoms with Crippen molar-refractivity contribution in [1.82, 2.24) is 9.80 Å². The number of likely N-dealkylation sites (tertiary alicyclic amines) is 1. The number of urea groups is 1. The molecule has 0 unspecified atom stereocenters. The molecule has 0 spiro atoms. The topological polar surface area (TPSA) is 49.6 Å². The summed E-state index contributed by atoms with van der Waals surface area (Å²) in [6.07, 6.45) is 3.15. The largest absolute Gasteiger partial charge is 0.330 e. The van der Waals surface area contributed by atoms with Gasteiger partial charge in [-0.3, -0.25) is 0 Å². The van der Waals surface area contributed by atoms with Crippen LogP contribution in [0.2, 0.25) is 0 Å². The van der Waals surface area contributed by atoms with Crippen molar-refractivity contribution < 1.29 is 4.79 Å². The summed E-state index contributed by atoms with van der Waals surface area (Å²) in [4.78, 5) is 16.3. The lowest BCUT2D eigenvalue weighted by Crippen LogP contribution is -2.49. The monoisotopic (exact) mass is 241 g/mol. The zero-order chi connectivity index (χ0) is 12.8.